The zero-order chi connectivity index (χ0) is 15.9. The lowest BCUT2D eigenvalue weighted by Gasteiger charge is -2.27. The van der Waals surface area contributed by atoms with Crippen molar-refractivity contribution in [1.29, 1.82) is 0 Å². The Morgan fingerprint density at radius 1 is 1.05 bits per heavy atom. The van der Waals surface area contributed by atoms with Crippen molar-refractivity contribution >= 4 is 11.6 Å². The number of ketones is 2. The fourth-order valence-electron chi connectivity index (χ4n) is 3.58. The van der Waals surface area contributed by atoms with Gasteiger partial charge in [-0.25, -0.2) is 0 Å². The van der Waals surface area contributed by atoms with Crippen LogP contribution in [0.5, 0.6) is 0 Å². The van der Waals surface area contributed by atoms with E-state index in [9.17, 15) is 14.7 Å². The number of Topliss-reactive ketones (excluding diaryl/α,β-unsaturated/α-hetero) is 1. The monoisotopic (exact) mass is 286 g/mol. The first-order valence-corrected chi connectivity index (χ1v) is 7.27. The van der Waals surface area contributed by atoms with E-state index in [2.05, 4.69) is 0 Å². The first-order valence-electron chi connectivity index (χ1n) is 7.27. The molecule has 0 spiro atoms. The second-order valence-corrected chi connectivity index (χ2v) is 6.05. The van der Waals surface area contributed by atoms with Gasteiger partial charge in [-0.1, -0.05) is 0 Å². The van der Waals surface area contributed by atoms with E-state index in [0.717, 1.165) is 33.4 Å². The van der Waals surface area contributed by atoms with Crippen molar-refractivity contribution in [2.45, 2.75) is 53.4 Å². The van der Waals surface area contributed by atoms with Crippen molar-refractivity contribution in [3.63, 3.8) is 0 Å². The second kappa shape index (κ2) is 5.47. The molecule has 0 aromatic heterocycles. The highest BCUT2D eigenvalue weighted by Gasteiger charge is 2.27. The summed E-state index contributed by atoms with van der Waals surface area (Å²) in [7, 11) is 0. The van der Waals surface area contributed by atoms with Crippen LogP contribution in [0.25, 0.3) is 0 Å². The van der Waals surface area contributed by atoms with Gasteiger partial charge in [0.15, 0.2) is 11.6 Å². The van der Waals surface area contributed by atoms with Crippen molar-refractivity contribution in [2.24, 2.45) is 0 Å². The van der Waals surface area contributed by atoms with Gasteiger partial charge in [-0.3, -0.25) is 9.59 Å². The van der Waals surface area contributed by atoms with Crippen molar-refractivity contribution in [2.75, 3.05) is 0 Å². The molecule has 3 heteroatoms. The molecule has 0 aliphatic heterocycles. The highest BCUT2D eigenvalue weighted by Crippen LogP contribution is 2.38. The van der Waals surface area contributed by atoms with Crippen LogP contribution in [0.3, 0.4) is 0 Å². The zero-order valence-corrected chi connectivity index (χ0v) is 13.3. The lowest BCUT2D eigenvalue weighted by molar-refractivity contribution is -0.115. The van der Waals surface area contributed by atoms with Gasteiger partial charge in [0.25, 0.3) is 0 Å². The normalized spacial score (nSPS) is 18.6. The van der Waals surface area contributed by atoms with Crippen LogP contribution in [0.2, 0.25) is 0 Å². The van der Waals surface area contributed by atoms with Gasteiger partial charge in [-0.2, -0.15) is 0 Å². The fraction of sp³-hybridized carbons (Fsp3) is 0.444. The second-order valence-electron chi connectivity index (χ2n) is 6.05. The van der Waals surface area contributed by atoms with Gasteiger partial charge >= 0.3 is 0 Å². The quantitative estimate of drug-likeness (QED) is 0.836. The minimum absolute atomic E-state index is 0.0418. The van der Waals surface area contributed by atoms with Crippen LogP contribution in [0, 0.1) is 27.7 Å². The van der Waals surface area contributed by atoms with E-state index in [0.29, 0.717) is 12.8 Å². The van der Waals surface area contributed by atoms with Gasteiger partial charge < -0.3 is 5.11 Å². The summed E-state index contributed by atoms with van der Waals surface area (Å²) in [4.78, 5) is 23.7. The van der Waals surface area contributed by atoms with E-state index in [-0.39, 0.29) is 23.2 Å². The molecule has 0 saturated heterocycles. The molecular formula is C18H22O3. The van der Waals surface area contributed by atoms with Gasteiger partial charge in [-0.15, -0.1) is 0 Å². The molecule has 0 saturated carbocycles. The first-order chi connectivity index (χ1) is 9.73. The predicted molar refractivity (Wildman–Crippen MR) is 83.1 cm³/mol. The summed E-state index contributed by atoms with van der Waals surface area (Å²) in [6.45, 7) is 9.55. The van der Waals surface area contributed by atoms with Gasteiger partial charge in [0.2, 0.25) is 0 Å². The summed E-state index contributed by atoms with van der Waals surface area (Å²) in [5, 5.41) is 9.77. The number of carbonyl (C=O) groups is 2. The highest BCUT2D eigenvalue weighted by atomic mass is 16.3. The Bertz CT molecular complexity index is 666. The molecule has 0 amide bonds. The molecule has 1 aliphatic carbocycles. The van der Waals surface area contributed by atoms with Crippen LogP contribution in [0.4, 0.5) is 0 Å². The van der Waals surface area contributed by atoms with Gasteiger partial charge in [0.1, 0.15) is 0 Å². The molecule has 0 bridgehead atoms. The number of hydrogen-bond donors (Lipinski definition) is 1. The van der Waals surface area contributed by atoms with Gasteiger partial charge in [-0.05, 0) is 68.4 Å². The van der Waals surface area contributed by atoms with E-state index in [1.54, 1.807) is 6.92 Å². The molecule has 2 rings (SSSR count). The molecule has 0 heterocycles. The van der Waals surface area contributed by atoms with E-state index in [4.69, 9.17) is 0 Å². The third-order valence-electron chi connectivity index (χ3n) is 4.67. The summed E-state index contributed by atoms with van der Waals surface area (Å²) in [5.41, 5.74) is 6.01. The maximum atomic E-state index is 12.0. The summed E-state index contributed by atoms with van der Waals surface area (Å²) >= 11 is 0. The minimum Gasteiger partial charge on any atom is -0.512 e. The number of benzene rings is 1. The Morgan fingerprint density at radius 3 is 2.19 bits per heavy atom. The summed E-state index contributed by atoms with van der Waals surface area (Å²) in [5.74, 6) is 0.0963. The smallest absolute Gasteiger partial charge is 0.160 e. The molecule has 0 fully saturated rings. The summed E-state index contributed by atoms with van der Waals surface area (Å²) < 4.78 is 0. The van der Waals surface area contributed by atoms with Crippen molar-refractivity contribution < 1.29 is 14.7 Å². The Morgan fingerprint density at radius 2 is 1.67 bits per heavy atom. The standard InChI is InChI=1S/C18H22O3/c1-9-10(2)17(13(5)19)12(4)18(11(9)3)14-6-15(20)8-16(21)7-14/h8,14,20H,6-7H2,1-5H3. The van der Waals surface area contributed by atoms with Crippen LogP contribution >= 0.6 is 0 Å². The van der Waals surface area contributed by atoms with Crippen LogP contribution in [-0.2, 0) is 4.79 Å². The van der Waals surface area contributed by atoms with Crippen molar-refractivity contribution in [3.05, 3.63) is 45.2 Å². The fourth-order valence-corrected chi connectivity index (χ4v) is 3.58. The zero-order valence-electron chi connectivity index (χ0n) is 13.3. The number of allylic oxidation sites excluding steroid dienone is 2. The molecule has 21 heavy (non-hydrogen) atoms. The Labute approximate surface area is 125 Å². The summed E-state index contributed by atoms with van der Waals surface area (Å²) in [6.07, 6.45) is 2.17. The molecule has 1 aromatic carbocycles. The third-order valence-corrected chi connectivity index (χ3v) is 4.67. The van der Waals surface area contributed by atoms with E-state index in [1.165, 1.54) is 6.08 Å². The van der Waals surface area contributed by atoms with Gasteiger partial charge in [0.05, 0.1) is 5.76 Å². The van der Waals surface area contributed by atoms with Crippen LogP contribution in [-0.4, -0.2) is 16.7 Å². The average molecular weight is 286 g/mol. The highest BCUT2D eigenvalue weighted by molar-refractivity contribution is 5.98. The topological polar surface area (TPSA) is 54.4 Å². The first kappa shape index (κ1) is 15.5. The largest absolute Gasteiger partial charge is 0.512 e. The molecule has 1 unspecified atom stereocenters. The van der Waals surface area contributed by atoms with Crippen molar-refractivity contribution in [3.8, 4) is 0 Å². The number of rotatable bonds is 2. The van der Waals surface area contributed by atoms with E-state index >= 15 is 0 Å². The predicted octanol–water partition coefficient (Wildman–Crippen LogP) is 4.01. The number of aliphatic hydroxyl groups excluding tert-OH is 1. The maximum Gasteiger partial charge on any atom is 0.160 e. The average Bonchev–Trinajstić information content (AvgIpc) is 2.34. The molecule has 3 nitrogen and oxygen atoms in total. The number of aliphatic hydroxyl groups is 1. The van der Waals surface area contributed by atoms with Crippen LogP contribution < -0.4 is 0 Å². The molecule has 112 valence electrons. The van der Waals surface area contributed by atoms with E-state index < -0.39 is 0 Å². The Balaban J connectivity index is 2.67. The van der Waals surface area contributed by atoms with Crippen LogP contribution in [0.1, 0.15) is 63.9 Å². The molecule has 0 radical (unpaired) electrons. The Hall–Kier alpha value is -1.90. The molecule has 1 atom stereocenters. The lowest BCUT2D eigenvalue weighted by Crippen LogP contribution is -2.17. The molecule has 1 N–H and O–H groups in total. The molecular weight excluding hydrogens is 264 g/mol. The van der Waals surface area contributed by atoms with E-state index in [1.807, 2.05) is 27.7 Å². The molecule has 1 aliphatic rings. The third kappa shape index (κ3) is 2.65. The van der Waals surface area contributed by atoms with Gasteiger partial charge in [0, 0.05) is 24.5 Å². The lowest BCUT2D eigenvalue weighted by atomic mass is 9.77. The number of carbonyl (C=O) groups excluding carboxylic acids is 2. The number of hydrogen-bond acceptors (Lipinski definition) is 3. The van der Waals surface area contributed by atoms with Crippen LogP contribution in [0.15, 0.2) is 11.8 Å². The SMILES string of the molecule is CC(=O)c1c(C)c(C)c(C)c(C2CC(=O)C=C(O)C2)c1C. The molecule has 1 aromatic rings. The minimum atomic E-state index is -0.0508. The summed E-state index contributed by atoms with van der Waals surface area (Å²) in [6, 6.07) is 0. The van der Waals surface area contributed by atoms with Crippen molar-refractivity contribution in [1.82, 2.24) is 0 Å². The Kier molecular flexibility index (Phi) is 4.04. The maximum absolute atomic E-state index is 12.0.